The Hall–Kier alpha value is -0.520. The number of allylic oxidation sites excluding steroid dienone is 3. The summed E-state index contributed by atoms with van der Waals surface area (Å²) in [5, 5.41) is 0. The Morgan fingerprint density at radius 3 is 2.80 bits per heavy atom. The van der Waals surface area contributed by atoms with Crippen molar-refractivity contribution >= 4 is 0 Å². The van der Waals surface area contributed by atoms with Gasteiger partial charge >= 0.3 is 0 Å². The van der Waals surface area contributed by atoms with Gasteiger partial charge in [0.1, 0.15) is 0 Å². The zero-order chi connectivity index (χ0) is 7.56. The summed E-state index contributed by atoms with van der Waals surface area (Å²) in [5.74, 6) is 0.778. The van der Waals surface area contributed by atoms with Crippen molar-refractivity contribution in [3.05, 3.63) is 23.8 Å². The number of rotatable bonds is 1. The predicted molar refractivity (Wildman–Crippen MR) is 45.9 cm³/mol. The van der Waals surface area contributed by atoms with Gasteiger partial charge in [-0.25, -0.2) is 0 Å². The second kappa shape index (κ2) is 3.05. The first kappa shape index (κ1) is 7.59. The maximum absolute atomic E-state index is 3.94. The summed E-state index contributed by atoms with van der Waals surface area (Å²) < 4.78 is 0. The highest BCUT2D eigenvalue weighted by atomic mass is 14.1. The van der Waals surface area contributed by atoms with Gasteiger partial charge in [0.15, 0.2) is 0 Å². The van der Waals surface area contributed by atoms with Gasteiger partial charge in [-0.1, -0.05) is 25.2 Å². The average Bonchev–Trinajstić information content (AvgIpc) is 1.88. The molecule has 0 N–H and O–H groups in total. The third-order valence-electron chi connectivity index (χ3n) is 2.14. The van der Waals surface area contributed by atoms with Crippen LogP contribution in [0.1, 0.15) is 33.1 Å². The van der Waals surface area contributed by atoms with Crippen LogP contribution in [-0.4, -0.2) is 0 Å². The Bertz CT molecular complexity index is 163. The van der Waals surface area contributed by atoms with Crippen LogP contribution in [0.5, 0.6) is 0 Å². The van der Waals surface area contributed by atoms with Crippen molar-refractivity contribution in [2.45, 2.75) is 33.1 Å². The van der Waals surface area contributed by atoms with Gasteiger partial charge in [0, 0.05) is 0 Å². The summed E-state index contributed by atoms with van der Waals surface area (Å²) in [4.78, 5) is 0. The quantitative estimate of drug-likeness (QED) is 0.518. The molecule has 0 saturated carbocycles. The van der Waals surface area contributed by atoms with E-state index in [2.05, 4.69) is 26.5 Å². The molecule has 0 heteroatoms. The molecule has 0 radical (unpaired) electrons. The standard InChI is InChI=1S/C10H16/c1-8(2)10-6-4-5-9(3)7-10/h7,9H,1,4-6H2,2-3H3/t9-/m0/s1. The fraction of sp³-hybridized carbons (Fsp3) is 0.600. The lowest BCUT2D eigenvalue weighted by Gasteiger charge is -2.17. The van der Waals surface area contributed by atoms with Crippen LogP contribution in [-0.2, 0) is 0 Å². The molecule has 0 aromatic rings. The first-order chi connectivity index (χ1) is 4.70. The molecule has 0 aliphatic heterocycles. The third-order valence-corrected chi connectivity index (χ3v) is 2.14. The molecule has 1 aliphatic carbocycles. The fourth-order valence-electron chi connectivity index (χ4n) is 1.48. The van der Waals surface area contributed by atoms with Crippen molar-refractivity contribution in [2.24, 2.45) is 5.92 Å². The Labute approximate surface area is 63.6 Å². The lowest BCUT2D eigenvalue weighted by molar-refractivity contribution is 0.571. The van der Waals surface area contributed by atoms with Gasteiger partial charge in [0.2, 0.25) is 0 Å². The van der Waals surface area contributed by atoms with Gasteiger partial charge in [-0.15, -0.1) is 0 Å². The van der Waals surface area contributed by atoms with Crippen LogP contribution in [0.2, 0.25) is 0 Å². The van der Waals surface area contributed by atoms with Crippen molar-refractivity contribution in [1.29, 1.82) is 0 Å². The molecular formula is C10H16. The summed E-state index contributed by atoms with van der Waals surface area (Å²) >= 11 is 0. The molecule has 10 heavy (non-hydrogen) atoms. The molecule has 0 fully saturated rings. The van der Waals surface area contributed by atoms with Crippen LogP contribution in [0.25, 0.3) is 0 Å². The SMILES string of the molecule is C=C(C)C1=C[C@@H](C)CCC1. The molecule has 0 bridgehead atoms. The Morgan fingerprint density at radius 2 is 2.40 bits per heavy atom. The average molecular weight is 136 g/mol. The first-order valence-electron chi connectivity index (χ1n) is 4.06. The minimum Gasteiger partial charge on any atom is -0.0958 e. The van der Waals surface area contributed by atoms with Crippen LogP contribution < -0.4 is 0 Å². The highest BCUT2D eigenvalue weighted by molar-refractivity contribution is 5.27. The summed E-state index contributed by atoms with van der Waals surface area (Å²) in [6, 6.07) is 0. The zero-order valence-electron chi connectivity index (χ0n) is 6.98. The summed E-state index contributed by atoms with van der Waals surface area (Å²) in [7, 11) is 0. The molecule has 0 unspecified atom stereocenters. The first-order valence-corrected chi connectivity index (χ1v) is 4.06. The Morgan fingerprint density at radius 1 is 1.70 bits per heavy atom. The van der Waals surface area contributed by atoms with Gasteiger partial charge in [0.05, 0.1) is 0 Å². The molecule has 0 aromatic carbocycles. The molecule has 0 heterocycles. The maximum Gasteiger partial charge on any atom is -0.0256 e. The predicted octanol–water partition coefficient (Wildman–Crippen LogP) is 3.31. The van der Waals surface area contributed by atoms with E-state index < -0.39 is 0 Å². The highest BCUT2D eigenvalue weighted by Gasteiger charge is 2.08. The molecule has 0 spiro atoms. The van der Waals surface area contributed by atoms with E-state index in [0.29, 0.717) is 0 Å². The molecular weight excluding hydrogens is 120 g/mol. The van der Waals surface area contributed by atoms with Crippen LogP contribution in [0.4, 0.5) is 0 Å². The lowest BCUT2D eigenvalue weighted by atomic mass is 9.89. The van der Waals surface area contributed by atoms with Gasteiger partial charge in [-0.05, 0) is 37.7 Å². The van der Waals surface area contributed by atoms with E-state index in [1.54, 1.807) is 0 Å². The molecule has 0 nitrogen and oxygen atoms in total. The van der Waals surface area contributed by atoms with Gasteiger partial charge in [-0.2, -0.15) is 0 Å². The highest BCUT2D eigenvalue weighted by Crippen LogP contribution is 2.25. The minimum absolute atomic E-state index is 0.778. The number of hydrogen-bond donors (Lipinski definition) is 0. The zero-order valence-corrected chi connectivity index (χ0v) is 6.98. The summed E-state index contributed by atoms with van der Waals surface area (Å²) in [6.45, 7) is 8.33. The second-order valence-electron chi connectivity index (χ2n) is 3.34. The Kier molecular flexibility index (Phi) is 2.31. The van der Waals surface area contributed by atoms with Crippen molar-refractivity contribution in [3.63, 3.8) is 0 Å². The van der Waals surface area contributed by atoms with Crippen LogP contribution >= 0.6 is 0 Å². The lowest BCUT2D eigenvalue weighted by Crippen LogP contribution is -2.00. The number of hydrogen-bond acceptors (Lipinski definition) is 0. The van der Waals surface area contributed by atoms with E-state index in [0.717, 1.165) is 5.92 Å². The molecule has 1 atom stereocenters. The third kappa shape index (κ3) is 1.73. The Balaban J connectivity index is 2.66. The van der Waals surface area contributed by atoms with E-state index in [4.69, 9.17) is 0 Å². The summed E-state index contributed by atoms with van der Waals surface area (Å²) in [5.41, 5.74) is 2.74. The molecule has 1 aliphatic rings. The van der Waals surface area contributed by atoms with Crippen molar-refractivity contribution in [2.75, 3.05) is 0 Å². The molecule has 1 rings (SSSR count). The van der Waals surface area contributed by atoms with Crippen molar-refractivity contribution in [1.82, 2.24) is 0 Å². The van der Waals surface area contributed by atoms with E-state index in [1.165, 1.54) is 30.4 Å². The van der Waals surface area contributed by atoms with Crippen LogP contribution in [0.3, 0.4) is 0 Å². The normalized spacial score (nSPS) is 25.8. The van der Waals surface area contributed by atoms with Crippen LogP contribution in [0, 0.1) is 5.92 Å². The van der Waals surface area contributed by atoms with Gasteiger partial charge in [0.25, 0.3) is 0 Å². The van der Waals surface area contributed by atoms with E-state index in [-0.39, 0.29) is 0 Å². The van der Waals surface area contributed by atoms with Crippen LogP contribution in [0.15, 0.2) is 23.8 Å². The van der Waals surface area contributed by atoms with E-state index in [9.17, 15) is 0 Å². The molecule has 0 amide bonds. The monoisotopic (exact) mass is 136 g/mol. The van der Waals surface area contributed by atoms with E-state index >= 15 is 0 Å². The fourth-order valence-corrected chi connectivity index (χ4v) is 1.48. The second-order valence-corrected chi connectivity index (χ2v) is 3.34. The smallest absolute Gasteiger partial charge is 0.0256 e. The maximum atomic E-state index is 3.94. The van der Waals surface area contributed by atoms with Crippen molar-refractivity contribution in [3.8, 4) is 0 Å². The summed E-state index contributed by atoms with van der Waals surface area (Å²) in [6.07, 6.45) is 6.32. The largest absolute Gasteiger partial charge is 0.0958 e. The molecule has 0 saturated heterocycles. The van der Waals surface area contributed by atoms with E-state index in [1.807, 2.05) is 0 Å². The van der Waals surface area contributed by atoms with Crippen molar-refractivity contribution < 1.29 is 0 Å². The topological polar surface area (TPSA) is 0 Å². The molecule has 56 valence electrons. The van der Waals surface area contributed by atoms with Gasteiger partial charge < -0.3 is 0 Å². The molecule has 0 aromatic heterocycles. The minimum atomic E-state index is 0.778. The van der Waals surface area contributed by atoms with Gasteiger partial charge in [-0.3, -0.25) is 0 Å².